The van der Waals surface area contributed by atoms with E-state index < -0.39 is 5.82 Å². The molecule has 1 rings (SSSR count). The second-order valence-electron chi connectivity index (χ2n) is 2.25. The third-order valence-electron chi connectivity index (χ3n) is 1.43. The molecule has 1 nitrogen and oxygen atoms in total. The Bertz CT molecular complexity index is 289. The Kier molecular flexibility index (Phi) is 3.32. The van der Waals surface area contributed by atoms with Crippen LogP contribution in [0.2, 0.25) is 10.0 Å². The first-order valence-corrected chi connectivity index (χ1v) is 4.03. The quantitative estimate of drug-likeness (QED) is 0.679. The van der Waals surface area contributed by atoms with Crippen LogP contribution in [0.1, 0.15) is 5.56 Å². The highest BCUT2D eigenvalue weighted by Gasteiger charge is 2.09. The van der Waals surface area contributed by atoms with Crippen molar-refractivity contribution in [2.24, 2.45) is 0 Å². The van der Waals surface area contributed by atoms with E-state index in [9.17, 15) is 4.39 Å². The number of rotatable bonds is 2. The molecule has 0 aliphatic heterocycles. The summed E-state index contributed by atoms with van der Waals surface area (Å²) in [6, 6.07) is 2.68. The van der Waals surface area contributed by atoms with Crippen LogP contribution in [-0.2, 0) is 11.3 Å². The number of hydrogen-bond acceptors (Lipinski definition) is 1. The maximum Gasteiger partial charge on any atom is 0.130 e. The largest absolute Gasteiger partial charge is 0.380 e. The molecule has 0 bridgehead atoms. The number of methoxy groups -OCH3 is 1. The maximum absolute atomic E-state index is 13.0. The average molecular weight is 209 g/mol. The van der Waals surface area contributed by atoms with Gasteiger partial charge in [-0.1, -0.05) is 23.2 Å². The van der Waals surface area contributed by atoms with E-state index in [2.05, 4.69) is 0 Å². The van der Waals surface area contributed by atoms with Crippen LogP contribution >= 0.6 is 23.2 Å². The van der Waals surface area contributed by atoms with Gasteiger partial charge >= 0.3 is 0 Å². The van der Waals surface area contributed by atoms with Crippen molar-refractivity contribution in [1.29, 1.82) is 0 Å². The summed E-state index contributed by atoms with van der Waals surface area (Å²) in [4.78, 5) is 0. The van der Waals surface area contributed by atoms with E-state index in [1.807, 2.05) is 0 Å². The summed E-state index contributed by atoms with van der Waals surface area (Å²) in [6.45, 7) is 0.130. The van der Waals surface area contributed by atoms with Crippen molar-refractivity contribution in [2.75, 3.05) is 7.11 Å². The fourth-order valence-corrected chi connectivity index (χ4v) is 1.23. The van der Waals surface area contributed by atoms with Crippen molar-refractivity contribution in [2.45, 2.75) is 6.61 Å². The first kappa shape index (κ1) is 9.78. The minimum atomic E-state index is -0.397. The van der Waals surface area contributed by atoms with Crippen LogP contribution < -0.4 is 0 Å². The van der Waals surface area contributed by atoms with Crippen LogP contribution in [0.4, 0.5) is 4.39 Å². The van der Waals surface area contributed by atoms with E-state index in [0.717, 1.165) is 0 Å². The highest BCUT2D eigenvalue weighted by atomic mass is 35.5. The summed E-state index contributed by atoms with van der Waals surface area (Å²) in [6.07, 6.45) is 0. The second-order valence-corrected chi connectivity index (χ2v) is 3.04. The second kappa shape index (κ2) is 4.08. The van der Waals surface area contributed by atoms with Crippen molar-refractivity contribution in [3.8, 4) is 0 Å². The summed E-state index contributed by atoms with van der Waals surface area (Å²) in [5, 5.41) is 0.559. The average Bonchev–Trinajstić information content (AvgIpc) is 2.06. The highest BCUT2D eigenvalue weighted by Crippen LogP contribution is 2.28. The van der Waals surface area contributed by atoms with E-state index in [1.165, 1.54) is 19.2 Å². The van der Waals surface area contributed by atoms with Crippen molar-refractivity contribution in [3.05, 3.63) is 33.6 Å². The lowest BCUT2D eigenvalue weighted by Crippen LogP contribution is -1.94. The molecule has 0 radical (unpaired) electrons. The van der Waals surface area contributed by atoms with Crippen molar-refractivity contribution >= 4 is 23.2 Å². The van der Waals surface area contributed by atoms with Gasteiger partial charge in [0.05, 0.1) is 16.7 Å². The zero-order chi connectivity index (χ0) is 9.14. The summed E-state index contributed by atoms with van der Waals surface area (Å²) >= 11 is 11.4. The van der Waals surface area contributed by atoms with Crippen LogP contribution in [0.3, 0.4) is 0 Å². The number of hydrogen-bond donors (Lipinski definition) is 0. The third kappa shape index (κ3) is 1.89. The van der Waals surface area contributed by atoms with Gasteiger partial charge in [-0.05, 0) is 12.1 Å². The Labute approximate surface area is 80.0 Å². The molecule has 12 heavy (non-hydrogen) atoms. The van der Waals surface area contributed by atoms with Gasteiger partial charge in [0.15, 0.2) is 0 Å². The number of ether oxygens (including phenoxy) is 1. The fourth-order valence-electron chi connectivity index (χ4n) is 0.846. The maximum atomic E-state index is 13.0. The molecule has 66 valence electrons. The molecule has 0 heterocycles. The first-order valence-electron chi connectivity index (χ1n) is 3.28. The zero-order valence-corrected chi connectivity index (χ0v) is 7.92. The van der Waals surface area contributed by atoms with Crippen molar-refractivity contribution < 1.29 is 9.13 Å². The molecular formula is C8H7Cl2FO. The third-order valence-corrected chi connectivity index (χ3v) is 2.27. The molecule has 0 fully saturated rings. The van der Waals surface area contributed by atoms with Crippen LogP contribution in [0, 0.1) is 5.82 Å². The van der Waals surface area contributed by atoms with Crippen LogP contribution in [0.25, 0.3) is 0 Å². The highest BCUT2D eigenvalue weighted by molar-refractivity contribution is 6.42. The number of benzene rings is 1. The van der Waals surface area contributed by atoms with Crippen molar-refractivity contribution in [1.82, 2.24) is 0 Å². The van der Waals surface area contributed by atoms with Crippen molar-refractivity contribution in [3.63, 3.8) is 0 Å². The predicted molar refractivity (Wildman–Crippen MR) is 47.1 cm³/mol. The molecule has 0 N–H and O–H groups in total. The van der Waals surface area contributed by atoms with Crippen LogP contribution in [-0.4, -0.2) is 7.11 Å². The lowest BCUT2D eigenvalue weighted by molar-refractivity contribution is 0.181. The lowest BCUT2D eigenvalue weighted by Gasteiger charge is -2.05. The Morgan fingerprint density at radius 3 is 2.67 bits per heavy atom. The van der Waals surface area contributed by atoms with Crippen LogP contribution in [0.15, 0.2) is 12.1 Å². The van der Waals surface area contributed by atoms with Gasteiger partial charge in [-0.15, -0.1) is 0 Å². The molecule has 0 saturated carbocycles. The SMILES string of the molecule is COCc1c(F)ccc(Cl)c1Cl. The minimum Gasteiger partial charge on any atom is -0.380 e. The summed E-state index contributed by atoms with van der Waals surface area (Å²) in [7, 11) is 1.47. The normalized spacial score (nSPS) is 10.3. The topological polar surface area (TPSA) is 9.23 Å². The summed E-state index contributed by atoms with van der Waals surface area (Å²) in [5.74, 6) is -0.397. The summed E-state index contributed by atoms with van der Waals surface area (Å²) in [5.41, 5.74) is 0.298. The smallest absolute Gasteiger partial charge is 0.130 e. The molecule has 4 heteroatoms. The fraction of sp³-hybridized carbons (Fsp3) is 0.250. The molecule has 1 aromatic carbocycles. The van der Waals surface area contributed by atoms with Gasteiger partial charge < -0.3 is 4.74 Å². The number of halogens is 3. The molecular weight excluding hydrogens is 202 g/mol. The molecule has 0 aliphatic carbocycles. The van der Waals surface area contributed by atoms with E-state index in [0.29, 0.717) is 10.6 Å². The Morgan fingerprint density at radius 1 is 1.42 bits per heavy atom. The van der Waals surface area contributed by atoms with Gasteiger partial charge in [0.1, 0.15) is 5.82 Å². The monoisotopic (exact) mass is 208 g/mol. The Morgan fingerprint density at radius 2 is 2.08 bits per heavy atom. The van der Waals surface area contributed by atoms with Gasteiger partial charge in [0, 0.05) is 12.7 Å². The minimum absolute atomic E-state index is 0.130. The lowest BCUT2D eigenvalue weighted by atomic mass is 10.2. The van der Waals surface area contributed by atoms with E-state index >= 15 is 0 Å². The van der Waals surface area contributed by atoms with Crippen LogP contribution in [0.5, 0.6) is 0 Å². The molecule has 0 spiro atoms. The van der Waals surface area contributed by atoms with E-state index in [-0.39, 0.29) is 11.6 Å². The van der Waals surface area contributed by atoms with E-state index in [4.69, 9.17) is 27.9 Å². The molecule has 0 saturated heterocycles. The molecule has 0 amide bonds. The molecule has 0 aliphatic rings. The first-order chi connectivity index (χ1) is 5.66. The van der Waals surface area contributed by atoms with Gasteiger partial charge in [-0.3, -0.25) is 0 Å². The Hall–Kier alpha value is -0.310. The standard InChI is InChI=1S/C8H7Cl2FO/c1-12-4-5-7(11)3-2-6(9)8(5)10/h2-3H,4H2,1H3. The molecule has 0 atom stereocenters. The summed E-state index contributed by atoms with van der Waals surface area (Å²) < 4.78 is 17.8. The Balaban J connectivity index is 3.14. The predicted octanol–water partition coefficient (Wildman–Crippen LogP) is 3.28. The van der Waals surface area contributed by atoms with E-state index in [1.54, 1.807) is 0 Å². The van der Waals surface area contributed by atoms with Gasteiger partial charge in [0.2, 0.25) is 0 Å². The van der Waals surface area contributed by atoms with Gasteiger partial charge in [-0.25, -0.2) is 4.39 Å². The van der Waals surface area contributed by atoms with Gasteiger partial charge in [-0.2, -0.15) is 0 Å². The molecule has 0 aromatic heterocycles. The molecule has 0 unspecified atom stereocenters. The molecule has 1 aromatic rings. The zero-order valence-electron chi connectivity index (χ0n) is 6.40. The van der Waals surface area contributed by atoms with Gasteiger partial charge in [0.25, 0.3) is 0 Å².